The van der Waals surface area contributed by atoms with Gasteiger partial charge in [-0.1, -0.05) is 66.2 Å². The summed E-state index contributed by atoms with van der Waals surface area (Å²) in [5.74, 6) is 0. The van der Waals surface area contributed by atoms with Gasteiger partial charge in [-0.3, -0.25) is 4.90 Å². The average molecular weight is 381 g/mol. The normalized spacial score (nSPS) is 16.8. The van der Waals surface area contributed by atoms with Crippen molar-refractivity contribution in [3.05, 3.63) is 106 Å². The maximum absolute atomic E-state index is 5.83. The third-order valence-corrected chi connectivity index (χ3v) is 6.44. The summed E-state index contributed by atoms with van der Waals surface area (Å²) < 4.78 is 0. The van der Waals surface area contributed by atoms with E-state index >= 15 is 0 Å². The predicted octanol–water partition coefficient (Wildman–Crippen LogP) is 5.47. The molecule has 0 radical (unpaired) electrons. The molecule has 0 aromatic heterocycles. The molecule has 146 valence electrons. The van der Waals surface area contributed by atoms with Crippen LogP contribution < -0.4 is 5.73 Å². The van der Waals surface area contributed by atoms with Gasteiger partial charge in [-0.2, -0.15) is 0 Å². The van der Waals surface area contributed by atoms with Gasteiger partial charge in [0, 0.05) is 25.3 Å². The maximum Gasteiger partial charge on any atom is 0.0314 e. The summed E-state index contributed by atoms with van der Waals surface area (Å²) in [5.41, 5.74) is 17.1. The van der Waals surface area contributed by atoms with Gasteiger partial charge in [-0.25, -0.2) is 0 Å². The molecule has 0 saturated carbocycles. The van der Waals surface area contributed by atoms with Gasteiger partial charge in [0.25, 0.3) is 0 Å². The molecule has 3 aromatic rings. The van der Waals surface area contributed by atoms with E-state index in [-0.39, 0.29) is 0 Å². The summed E-state index contributed by atoms with van der Waals surface area (Å²) in [4.78, 5) is 2.57. The Morgan fingerprint density at radius 3 is 1.79 bits per heavy atom. The second-order valence-electron chi connectivity index (χ2n) is 8.31. The molecular weight excluding hydrogens is 352 g/mol. The molecule has 1 aliphatic heterocycles. The van der Waals surface area contributed by atoms with Crippen LogP contribution in [0.25, 0.3) is 5.57 Å². The number of fused-ring (bicyclic) bond motifs is 2. The molecule has 2 heteroatoms. The number of piperidine rings is 1. The average Bonchev–Trinajstić information content (AvgIpc) is 2.93. The molecule has 3 aromatic carbocycles. The van der Waals surface area contributed by atoms with Crippen molar-refractivity contribution in [1.82, 2.24) is 4.90 Å². The number of hydrogen-bond donors (Lipinski definition) is 1. The van der Waals surface area contributed by atoms with Crippen LogP contribution in [0.15, 0.2) is 78.4 Å². The molecule has 5 rings (SSSR count). The fraction of sp³-hybridized carbons (Fsp3) is 0.259. The summed E-state index contributed by atoms with van der Waals surface area (Å²) >= 11 is 0. The summed E-state index contributed by atoms with van der Waals surface area (Å²) in [6.07, 6.45) is 4.56. The smallest absolute Gasteiger partial charge is 0.0314 e. The Kier molecular flexibility index (Phi) is 4.95. The lowest BCUT2D eigenvalue weighted by molar-refractivity contribution is 0.248. The van der Waals surface area contributed by atoms with Crippen LogP contribution in [0.5, 0.6) is 0 Å². The van der Waals surface area contributed by atoms with Crippen molar-refractivity contribution in [2.75, 3.05) is 18.8 Å². The van der Waals surface area contributed by atoms with Crippen LogP contribution in [-0.4, -0.2) is 18.0 Å². The fourth-order valence-corrected chi connectivity index (χ4v) is 4.87. The fourth-order valence-electron chi connectivity index (χ4n) is 4.87. The molecule has 1 saturated heterocycles. The molecule has 0 bridgehead atoms. The lowest BCUT2D eigenvalue weighted by Crippen LogP contribution is -2.30. The monoisotopic (exact) mass is 380 g/mol. The van der Waals surface area contributed by atoms with Gasteiger partial charge >= 0.3 is 0 Å². The molecule has 0 amide bonds. The van der Waals surface area contributed by atoms with E-state index in [0.29, 0.717) is 0 Å². The standard InChI is InChI=1S/C27H28N2/c28-24-13-9-20(10-14-24)19-29-17-15-23(16-18-29)27-25-7-3-1-5-21(25)11-12-22-6-2-4-8-26(22)27/h1-10,13-14H,11-12,15-19,28H2. The van der Waals surface area contributed by atoms with Crippen molar-refractivity contribution in [2.45, 2.75) is 32.2 Å². The first-order chi connectivity index (χ1) is 14.3. The Morgan fingerprint density at radius 1 is 0.655 bits per heavy atom. The Labute approximate surface area is 173 Å². The topological polar surface area (TPSA) is 29.3 Å². The Balaban J connectivity index is 1.45. The molecule has 2 aliphatic rings. The molecule has 0 unspecified atom stereocenters. The van der Waals surface area contributed by atoms with Gasteiger partial charge < -0.3 is 5.73 Å². The lowest BCUT2D eigenvalue weighted by Gasteiger charge is -2.30. The van der Waals surface area contributed by atoms with E-state index in [2.05, 4.69) is 65.6 Å². The lowest BCUT2D eigenvalue weighted by atomic mass is 9.86. The number of nitrogens with two attached hydrogens (primary N) is 1. The van der Waals surface area contributed by atoms with Gasteiger partial charge in [-0.05, 0) is 71.2 Å². The second kappa shape index (κ2) is 7.88. The number of hydrogen-bond acceptors (Lipinski definition) is 2. The largest absolute Gasteiger partial charge is 0.399 e. The van der Waals surface area contributed by atoms with Crippen molar-refractivity contribution in [3.63, 3.8) is 0 Å². The highest BCUT2D eigenvalue weighted by molar-refractivity contribution is 5.86. The zero-order valence-corrected chi connectivity index (χ0v) is 16.9. The molecule has 29 heavy (non-hydrogen) atoms. The zero-order valence-electron chi connectivity index (χ0n) is 16.9. The van der Waals surface area contributed by atoms with Gasteiger partial charge in [-0.15, -0.1) is 0 Å². The SMILES string of the molecule is Nc1ccc(CN2CCC(=C3c4ccccc4CCc4ccccc43)CC2)cc1. The van der Waals surface area contributed by atoms with Crippen molar-refractivity contribution in [3.8, 4) is 0 Å². The quantitative estimate of drug-likeness (QED) is 0.598. The second-order valence-corrected chi connectivity index (χ2v) is 8.31. The minimum Gasteiger partial charge on any atom is -0.399 e. The van der Waals surface area contributed by atoms with Crippen molar-refractivity contribution in [1.29, 1.82) is 0 Å². The Hall–Kier alpha value is -2.84. The van der Waals surface area contributed by atoms with Crippen LogP contribution in [0, 0.1) is 0 Å². The minimum atomic E-state index is 0.838. The highest BCUT2D eigenvalue weighted by Crippen LogP contribution is 2.38. The number of aryl methyl sites for hydroxylation is 2. The van der Waals surface area contributed by atoms with E-state index in [4.69, 9.17) is 5.73 Å². The highest BCUT2D eigenvalue weighted by atomic mass is 15.1. The van der Waals surface area contributed by atoms with Crippen LogP contribution in [0.4, 0.5) is 5.69 Å². The van der Waals surface area contributed by atoms with E-state index in [1.165, 1.54) is 33.4 Å². The van der Waals surface area contributed by atoms with E-state index in [1.807, 2.05) is 12.1 Å². The summed E-state index contributed by atoms with van der Waals surface area (Å²) in [6, 6.07) is 26.4. The van der Waals surface area contributed by atoms with E-state index in [1.54, 1.807) is 5.57 Å². The van der Waals surface area contributed by atoms with Gasteiger partial charge in [0.2, 0.25) is 0 Å². The van der Waals surface area contributed by atoms with Crippen LogP contribution >= 0.6 is 0 Å². The molecule has 0 atom stereocenters. The first-order valence-electron chi connectivity index (χ1n) is 10.7. The van der Waals surface area contributed by atoms with Gasteiger partial charge in [0.1, 0.15) is 0 Å². The van der Waals surface area contributed by atoms with E-state index < -0.39 is 0 Å². The summed E-state index contributed by atoms with van der Waals surface area (Å²) in [5, 5.41) is 0. The highest BCUT2D eigenvalue weighted by Gasteiger charge is 2.23. The first-order valence-corrected chi connectivity index (χ1v) is 10.7. The van der Waals surface area contributed by atoms with E-state index in [9.17, 15) is 0 Å². The van der Waals surface area contributed by atoms with Crippen molar-refractivity contribution >= 4 is 11.3 Å². The summed E-state index contributed by atoms with van der Waals surface area (Å²) in [7, 11) is 0. The van der Waals surface area contributed by atoms with Crippen molar-refractivity contribution < 1.29 is 0 Å². The number of nitrogen functional groups attached to an aromatic ring is 1. The van der Waals surface area contributed by atoms with E-state index in [0.717, 1.165) is 51.0 Å². The molecule has 1 heterocycles. The number of benzene rings is 3. The molecule has 0 spiro atoms. The third kappa shape index (κ3) is 3.73. The molecule has 2 N–H and O–H groups in total. The first kappa shape index (κ1) is 18.2. The molecule has 2 nitrogen and oxygen atoms in total. The molecule has 1 aliphatic carbocycles. The van der Waals surface area contributed by atoms with Crippen LogP contribution in [0.1, 0.15) is 40.7 Å². The minimum absolute atomic E-state index is 0.838. The number of anilines is 1. The number of rotatable bonds is 2. The maximum atomic E-state index is 5.83. The van der Waals surface area contributed by atoms with Crippen LogP contribution in [-0.2, 0) is 19.4 Å². The Bertz CT molecular complexity index is 987. The predicted molar refractivity (Wildman–Crippen MR) is 122 cm³/mol. The molecule has 1 fully saturated rings. The zero-order chi connectivity index (χ0) is 19.6. The molecular formula is C27H28N2. The Morgan fingerprint density at radius 2 is 1.21 bits per heavy atom. The number of likely N-dealkylation sites (tertiary alicyclic amines) is 1. The van der Waals surface area contributed by atoms with Gasteiger partial charge in [0.15, 0.2) is 0 Å². The summed E-state index contributed by atoms with van der Waals surface area (Å²) in [6.45, 7) is 3.25. The van der Waals surface area contributed by atoms with Crippen LogP contribution in [0.3, 0.4) is 0 Å². The van der Waals surface area contributed by atoms with Crippen LogP contribution in [0.2, 0.25) is 0 Å². The van der Waals surface area contributed by atoms with Gasteiger partial charge in [0.05, 0.1) is 0 Å². The third-order valence-electron chi connectivity index (χ3n) is 6.44. The number of nitrogens with zero attached hydrogens (tertiary/aromatic N) is 1. The van der Waals surface area contributed by atoms with Crippen molar-refractivity contribution in [2.24, 2.45) is 0 Å².